The lowest BCUT2D eigenvalue weighted by Crippen LogP contribution is -2.30. The van der Waals surface area contributed by atoms with Crippen LogP contribution < -0.4 is 11.1 Å². The number of nitrogens with one attached hydrogen (secondary N) is 1. The highest BCUT2D eigenvalue weighted by atomic mass is 16.2. The average Bonchev–Trinajstić information content (AvgIpc) is 2.85. The van der Waals surface area contributed by atoms with Crippen LogP contribution in [0.2, 0.25) is 0 Å². The SMILES string of the molecule is NCCCN1CC(c2cccc3ccccc23)NC1=O. The number of urea groups is 1. The van der Waals surface area contributed by atoms with Gasteiger partial charge in [0.2, 0.25) is 0 Å². The number of carbonyl (C=O) groups excluding carboxylic acids is 1. The summed E-state index contributed by atoms with van der Waals surface area (Å²) in [7, 11) is 0. The predicted molar refractivity (Wildman–Crippen MR) is 80.5 cm³/mol. The molecule has 1 aliphatic heterocycles. The van der Waals surface area contributed by atoms with Gasteiger partial charge in [0.15, 0.2) is 0 Å². The molecule has 0 aliphatic carbocycles. The molecule has 3 rings (SSSR count). The van der Waals surface area contributed by atoms with E-state index in [9.17, 15) is 4.79 Å². The van der Waals surface area contributed by atoms with E-state index in [1.54, 1.807) is 0 Å². The van der Waals surface area contributed by atoms with Gasteiger partial charge in [-0.3, -0.25) is 0 Å². The number of hydrogen-bond donors (Lipinski definition) is 2. The quantitative estimate of drug-likeness (QED) is 0.894. The highest BCUT2D eigenvalue weighted by Gasteiger charge is 2.29. The van der Waals surface area contributed by atoms with Gasteiger partial charge < -0.3 is 16.0 Å². The van der Waals surface area contributed by atoms with Crippen molar-refractivity contribution in [3.8, 4) is 0 Å². The van der Waals surface area contributed by atoms with Crippen LogP contribution in [0.3, 0.4) is 0 Å². The van der Waals surface area contributed by atoms with Gasteiger partial charge in [-0.25, -0.2) is 4.79 Å². The molecular formula is C16H19N3O. The summed E-state index contributed by atoms with van der Waals surface area (Å²) in [4.78, 5) is 13.8. The summed E-state index contributed by atoms with van der Waals surface area (Å²) in [6, 6.07) is 14.6. The van der Waals surface area contributed by atoms with Crippen molar-refractivity contribution in [2.75, 3.05) is 19.6 Å². The number of fused-ring (bicyclic) bond motifs is 1. The smallest absolute Gasteiger partial charge is 0.318 e. The van der Waals surface area contributed by atoms with Gasteiger partial charge in [0.05, 0.1) is 6.04 Å². The van der Waals surface area contributed by atoms with Crippen molar-refractivity contribution >= 4 is 16.8 Å². The minimum Gasteiger partial charge on any atom is -0.330 e. The maximum Gasteiger partial charge on any atom is 0.318 e. The summed E-state index contributed by atoms with van der Waals surface area (Å²) in [5.74, 6) is 0. The number of hydrogen-bond acceptors (Lipinski definition) is 2. The Morgan fingerprint density at radius 3 is 2.85 bits per heavy atom. The molecule has 1 atom stereocenters. The van der Waals surface area contributed by atoms with Crippen molar-refractivity contribution in [1.29, 1.82) is 0 Å². The van der Waals surface area contributed by atoms with Crippen molar-refractivity contribution in [1.82, 2.24) is 10.2 Å². The van der Waals surface area contributed by atoms with Crippen molar-refractivity contribution in [3.63, 3.8) is 0 Å². The van der Waals surface area contributed by atoms with E-state index < -0.39 is 0 Å². The highest BCUT2D eigenvalue weighted by molar-refractivity contribution is 5.87. The first-order chi connectivity index (χ1) is 9.79. The summed E-state index contributed by atoms with van der Waals surface area (Å²) in [6.45, 7) is 2.05. The Morgan fingerprint density at radius 2 is 2.00 bits per heavy atom. The fraction of sp³-hybridized carbons (Fsp3) is 0.312. The van der Waals surface area contributed by atoms with E-state index in [4.69, 9.17) is 5.73 Å². The van der Waals surface area contributed by atoms with Gasteiger partial charge >= 0.3 is 6.03 Å². The van der Waals surface area contributed by atoms with Crippen LogP contribution in [-0.4, -0.2) is 30.6 Å². The zero-order valence-electron chi connectivity index (χ0n) is 11.4. The second-order valence-electron chi connectivity index (χ2n) is 5.16. The highest BCUT2D eigenvalue weighted by Crippen LogP contribution is 2.27. The third-order valence-electron chi connectivity index (χ3n) is 3.82. The van der Waals surface area contributed by atoms with Crippen LogP contribution in [0.15, 0.2) is 42.5 Å². The normalized spacial score (nSPS) is 18.6. The molecule has 0 radical (unpaired) electrons. The molecule has 2 aromatic carbocycles. The van der Waals surface area contributed by atoms with Crippen molar-refractivity contribution in [3.05, 3.63) is 48.0 Å². The first kappa shape index (κ1) is 12.9. The molecule has 1 fully saturated rings. The van der Waals surface area contributed by atoms with Gasteiger partial charge in [0.1, 0.15) is 0 Å². The molecular weight excluding hydrogens is 250 g/mol. The zero-order valence-corrected chi connectivity index (χ0v) is 11.4. The Kier molecular flexibility index (Phi) is 3.56. The van der Waals surface area contributed by atoms with Crippen LogP contribution in [0.1, 0.15) is 18.0 Å². The van der Waals surface area contributed by atoms with Crippen molar-refractivity contribution < 1.29 is 4.79 Å². The van der Waals surface area contributed by atoms with Crippen molar-refractivity contribution in [2.45, 2.75) is 12.5 Å². The summed E-state index contributed by atoms with van der Waals surface area (Å²) in [5.41, 5.74) is 6.70. The third-order valence-corrected chi connectivity index (χ3v) is 3.82. The molecule has 2 aromatic rings. The molecule has 0 bridgehead atoms. The fourth-order valence-corrected chi connectivity index (χ4v) is 2.79. The Bertz CT molecular complexity index is 621. The Morgan fingerprint density at radius 1 is 1.20 bits per heavy atom. The zero-order chi connectivity index (χ0) is 13.9. The number of nitrogens with zero attached hydrogens (tertiary/aromatic N) is 1. The molecule has 0 aromatic heterocycles. The minimum absolute atomic E-state index is 0.0105. The van der Waals surface area contributed by atoms with Gasteiger partial charge in [-0.15, -0.1) is 0 Å². The van der Waals surface area contributed by atoms with Crippen LogP contribution in [-0.2, 0) is 0 Å². The molecule has 1 heterocycles. The summed E-state index contributed by atoms with van der Waals surface area (Å²) in [6.07, 6.45) is 0.843. The number of benzene rings is 2. The summed E-state index contributed by atoms with van der Waals surface area (Å²) < 4.78 is 0. The van der Waals surface area contributed by atoms with Crippen LogP contribution in [0.25, 0.3) is 10.8 Å². The Balaban J connectivity index is 1.87. The van der Waals surface area contributed by atoms with Crippen LogP contribution >= 0.6 is 0 Å². The van der Waals surface area contributed by atoms with E-state index in [0.29, 0.717) is 13.1 Å². The molecule has 1 unspecified atom stereocenters. The van der Waals surface area contributed by atoms with E-state index in [1.807, 2.05) is 23.1 Å². The lowest BCUT2D eigenvalue weighted by molar-refractivity contribution is 0.217. The average molecular weight is 269 g/mol. The van der Waals surface area contributed by atoms with Gasteiger partial charge in [0.25, 0.3) is 0 Å². The molecule has 0 spiro atoms. The molecule has 3 N–H and O–H groups in total. The Labute approximate surface area is 118 Å². The van der Waals surface area contributed by atoms with Gasteiger partial charge in [-0.05, 0) is 29.3 Å². The lowest BCUT2D eigenvalue weighted by Gasteiger charge is -2.15. The van der Waals surface area contributed by atoms with Crippen LogP contribution in [0.4, 0.5) is 4.79 Å². The second kappa shape index (κ2) is 5.51. The third kappa shape index (κ3) is 2.34. The maximum absolute atomic E-state index is 12.0. The number of carbonyl (C=O) groups is 1. The van der Waals surface area contributed by atoms with E-state index >= 15 is 0 Å². The minimum atomic E-state index is 0.0105. The largest absolute Gasteiger partial charge is 0.330 e. The van der Waals surface area contributed by atoms with Crippen molar-refractivity contribution in [2.24, 2.45) is 5.73 Å². The maximum atomic E-state index is 12.0. The number of amides is 2. The Hall–Kier alpha value is -2.07. The molecule has 20 heavy (non-hydrogen) atoms. The molecule has 4 heteroatoms. The molecule has 1 saturated heterocycles. The van der Waals surface area contributed by atoms with Gasteiger partial charge in [-0.2, -0.15) is 0 Å². The van der Waals surface area contributed by atoms with E-state index in [1.165, 1.54) is 16.3 Å². The molecule has 104 valence electrons. The number of nitrogens with two attached hydrogens (primary N) is 1. The molecule has 0 saturated carbocycles. The van der Waals surface area contributed by atoms with Gasteiger partial charge in [-0.1, -0.05) is 42.5 Å². The fourth-order valence-electron chi connectivity index (χ4n) is 2.79. The molecule has 4 nitrogen and oxygen atoms in total. The summed E-state index contributed by atoms with van der Waals surface area (Å²) >= 11 is 0. The lowest BCUT2D eigenvalue weighted by atomic mass is 9.99. The van der Waals surface area contributed by atoms with E-state index in [-0.39, 0.29) is 12.1 Å². The van der Waals surface area contributed by atoms with Crippen LogP contribution in [0.5, 0.6) is 0 Å². The summed E-state index contributed by atoms with van der Waals surface area (Å²) in [5, 5.41) is 5.48. The second-order valence-corrected chi connectivity index (χ2v) is 5.16. The van der Waals surface area contributed by atoms with E-state index in [2.05, 4.69) is 29.6 Å². The van der Waals surface area contributed by atoms with E-state index in [0.717, 1.165) is 13.0 Å². The topological polar surface area (TPSA) is 58.4 Å². The number of rotatable bonds is 4. The van der Waals surface area contributed by atoms with Crippen LogP contribution in [0, 0.1) is 0 Å². The van der Waals surface area contributed by atoms with Gasteiger partial charge in [0, 0.05) is 13.1 Å². The first-order valence-corrected chi connectivity index (χ1v) is 7.03. The molecule has 1 aliphatic rings. The first-order valence-electron chi connectivity index (χ1n) is 7.03. The monoisotopic (exact) mass is 269 g/mol. The molecule has 2 amide bonds. The standard InChI is InChI=1S/C16H19N3O/c17-9-4-10-19-11-15(18-16(19)20)14-8-3-6-12-5-1-2-7-13(12)14/h1-3,5-8,15H,4,9-11,17H2,(H,18,20). The predicted octanol–water partition coefficient (Wildman–Crippen LogP) is 2.25.